The van der Waals surface area contributed by atoms with E-state index in [0.29, 0.717) is 5.92 Å². The summed E-state index contributed by atoms with van der Waals surface area (Å²) in [4.78, 5) is 1.36. The average molecular weight is 296 g/mol. The predicted octanol–water partition coefficient (Wildman–Crippen LogP) is 4.38. The summed E-state index contributed by atoms with van der Waals surface area (Å²) >= 11 is 5.36. The van der Waals surface area contributed by atoms with E-state index in [0.717, 1.165) is 18.8 Å². The molecule has 1 heterocycles. The van der Waals surface area contributed by atoms with Crippen LogP contribution in [-0.2, 0) is 6.42 Å². The molecule has 3 rings (SSSR count). The Morgan fingerprint density at radius 2 is 2.44 bits per heavy atom. The number of hydrogen-bond acceptors (Lipinski definition) is 2. The van der Waals surface area contributed by atoms with E-state index in [4.69, 9.17) is 0 Å². The van der Waals surface area contributed by atoms with E-state index < -0.39 is 0 Å². The second-order valence-corrected chi connectivity index (χ2v) is 7.07. The van der Waals surface area contributed by atoms with Crippen LogP contribution in [0.2, 0.25) is 0 Å². The molecule has 3 atom stereocenters. The van der Waals surface area contributed by atoms with E-state index in [9.17, 15) is 5.26 Å². The van der Waals surface area contributed by atoms with Gasteiger partial charge in [0, 0.05) is 15.8 Å². The molecule has 0 amide bonds. The van der Waals surface area contributed by atoms with Gasteiger partial charge in [-0.15, -0.1) is 11.3 Å². The van der Waals surface area contributed by atoms with E-state index in [1.807, 2.05) is 0 Å². The van der Waals surface area contributed by atoms with Crippen LogP contribution in [0, 0.1) is 28.6 Å². The number of nitrogens with zero attached hydrogens (tertiary/aromatic N) is 1. The van der Waals surface area contributed by atoms with Gasteiger partial charge in [0.2, 0.25) is 0 Å². The first-order valence-electron chi connectivity index (χ1n) is 5.87. The van der Waals surface area contributed by atoms with Crippen molar-refractivity contribution in [2.45, 2.75) is 32.1 Å². The molecule has 84 valence electrons. The summed E-state index contributed by atoms with van der Waals surface area (Å²) in [6.45, 7) is 0. The van der Waals surface area contributed by atoms with Crippen molar-refractivity contribution in [3.63, 3.8) is 0 Å². The Balaban J connectivity index is 1.88. The Bertz CT molecular complexity index is 447. The first-order valence-corrected chi connectivity index (χ1v) is 7.54. The Kier molecular flexibility index (Phi) is 2.60. The number of halogens is 1. The second-order valence-electron chi connectivity index (χ2n) is 5.22. The molecule has 0 aliphatic heterocycles. The van der Waals surface area contributed by atoms with Gasteiger partial charge in [-0.3, -0.25) is 0 Å². The van der Waals surface area contributed by atoms with Crippen molar-refractivity contribution in [1.82, 2.24) is 0 Å². The fourth-order valence-electron chi connectivity index (χ4n) is 3.57. The minimum Gasteiger partial charge on any atom is -0.198 e. The van der Waals surface area contributed by atoms with Gasteiger partial charge in [-0.1, -0.05) is 6.42 Å². The third kappa shape index (κ3) is 1.55. The zero-order valence-corrected chi connectivity index (χ0v) is 11.5. The van der Waals surface area contributed by atoms with E-state index >= 15 is 0 Å². The molecule has 16 heavy (non-hydrogen) atoms. The summed E-state index contributed by atoms with van der Waals surface area (Å²) in [7, 11) is 0. The van der Waals surface area contributed by atoms with Gasteiger partial charge >= 0.3 is 0 Å². The minimum absolute atomic E-state index is 0.0453. The molecule has 0 radical (unpaired) electrons. The molecule has 2 bridgehead atoms. The van der Waals surface area contributed by atoms with Crippen LogP contribution in [0.15, 0.2) is 15.9 Å². The first kappa shape index (κ1) is 10.8. The largest absolute Gasteiger partial charge is 0.198 e. The number of thiophene rings is 1. The maximum absolute atomic E-state index is 9.57. The van der Waals surface area contributed by atoms with Crippen molar-refractivity contribution in [1.29, 1.82) is 5.26 Å². The highest BCUT2D eigenvalue weighted by atomic mass is 79.9. The van der Waals surface area contributed by atoms with Gasteiger partial charge in [-0.25, -0.2) is 0 Å². The lowest BCUT2D eigenvalue weighted by Crippen LogP contribution is -2.28. The summed E-state index contributed by atoms with van der Waals surface area (Å²) < 4.78 is 1.19. The molecule has 2 aliphatic rings. The Morgan fingerprint density at radius 1 is 1.56 bits per heavy atom. The lowest BCUT2D eigenvalue weighted by Gasteiger charge is -2.30. The molecule has 2 aliphatic carbocycles. The van der Waals surface area contributed by atoms with Crippen LogP contribution in [0.25, 0.3) is 0 Å². The van der Waals surface area contributed by atoms with Crippen LogP contribution in [0.5, 0.6) is 0 Å². The van der Waals surface area contributed by atoms with Gasteiger partial charge in [-0.05, 0) is 58.5 Å². The van der Waals surface area contributed by atoms with Crippen LogP contribution in [0.4, 0.5) is 0 Å². The predicted molar refractivity (Wildman–Crippen MR) is 69.2 cm³/mol. The van der Waals surface area contributed by atoms with Gasteiger partial charge in [0.1, 0.15) is 0 Å². The maximum Gasteiger partial charge on any atom is 0.0696 e. The highest BCUT2D eigenvalue weighted by Gasteiger charge is 2.51. The maximum atomic E-state index is 9.57. The monoisotopic (exact) mass is 295 g/mol. The number of nitriles is 1. The van der Waals surface area contributed by atoms with Crippen LogP contribution in [0.3, 0.4) is 0 Å². The zero-order valence-electron chi connectivity index (χ0n) is 9.08. The molecule has 0 spiro atoms. The topological polar surface area (TPSA) is 23.8 Å². The van der Waals surface area contributed by atoms with Gasteiger partial charge in [-0.2, -0.15) is 5.26 Å². The van der Waals surface area contributed by atoms with Crippen molar-refractivity contribution >= 4 is 27.3 Å². The highest BCUT2D eigenvalue weighted by Crippen LogP contribution is 2.57. The van der Waals surface area contributed by atoms with Crippen LogP contribution >= 0.6 is 27.3 Å². The fourth-order valence-corrected chi connectivity index (χ4v) is 5.19. The minimum atomic E-state index is -0.0453. The molecule has 1 aromatic heterocycles. The summed E-state index contributed by atoms with van der Waals surface area (Å²) in [5, 5.41) is 11.7. The van der Waals surface area contributed by atoms with Gasteiger partial charge in [0.15, 0.2) is 0 Å². The molecule has 0 saturated heterocycles. The molecule has 1 nitrogen and oxygen atoms in total. The molecule has 3 heteroatoms. The van der Waals surface area contributed by atoms with Crippen molar-refractivity contribution < 1.29 is 0 Å². The fraction of sp³-hybridized carbons (Fsp3) is 0.615. The van der Waals surface area contributed by atoms with E-state index in [2.05, 4.69) is 33.4 Å². The number of fused-ring (bicyclic) bond motifs is 2. The summed E-state index contributed by atoms with van der Waals surface area (Å²) in [5.41, 5.74) is -0.0453. The highest BCUT2D eigenvalue weighted by molar-refractivity contribution is 9.10. The van der Waals surface area contributed by atoms with Crippen LogP contribution in [-0.4, -0.2) is 0 Å². The lowest BCUT2D eigenvalue weighted by molar-refractivity contribution is 0.240. The molecule has 0 aromatic carbocycles. The summed E-state index contributed by atoms with van der Waals surface area (Å²) in [6, 6.07) is 4.76. The third-order valence-corrected chi connectivity index (χ3v) is 6.29. The molecule has 1 aromatic rings. The van der Waals surface area contributed by atoms with Crippen molar-refractivity contribution in [3.05, 3.63) is 20.8 Å². The van der Waals surface area contributed by atoms with E-state index in [1.54, 1.807) is 11.3 Å². The summed E-state index contributed by atoms with van der Waals surface area (Å²) in [6.07, 6.45) is 6.04. The molecular weight excluding hydrogens is 282 g/mol. The zero-order chi connectivity index (χ0) is 11.2. The number of hydrogen-bond donors (Lipinski definition) is 0. The molecule has 2 saturated carbocycles. The lowest BCUT2D eigenvalue weighted by atomic mass is 9.72. The molecule has 0 N–H and O–H groups in total. The molecule has 2 fully saturated rings. The van der Waals surface area contributed by atoms with Gasteiger partial charge < -0.3 is 0 Å². The van der Waals surface area contributed by atoms with Crippen LogP contribution in [0.1, 0.15) is 30.6 Å². The Labute approximate surface area is 109 Å². The Hall–Kier alpha value is -0.330. The van der Waals surface area contributed by atoms with E-state index in [-0.39, 0.29) is 5.41 Å². The quantitative estimate of drug-likeness (QED) is 0.794. The Morgan fingerprint density at radius 3 is 2.94 bits per heavy atom. The first-order chi connectivity index (χ1) is 7.73. The van der Waals surface area contributed by atoms with Crippen molar-refractivity contribution in [3.8, 4) is 6.07 Å². The smallest absolute Gasteiger partial charge is 0.0696 e. The summed E-state index contributed by atoms with van der Waals surface area (Å²) in [5.74, 6) is 1.50. The average Bonchev–Trinajstić information content (AvgIpc) is 2.96. The van der Waals surface area contributed by atoms with Crippen molar-refractivity contribution in [2.75, 3.05) is 0 Å². The van der Waals surface area contributed by atoms with Crippen LogP contribution < -0.4 is 0 Å². The standard InChI is InChI=1S/C13H14BrNS/c14-11-3-4-16-12(11)7-13(8-15)6-9-1-2-10(13)5-9/h3-4,9-10H,1-2,5-7H2. The van der Waals surface area contributed by atoms with Crippen molar-refractivity contribution in [2.24, 2.45) is 17.3 Å². The normalized spacial score (nSPS) is 36.5. The van der Waals surface area contributed by atoms with Gasteiger partial charge in [0.25, 0.3) is 0 Å². The molecule has 3 unspecified atom stereocenters. The SMILES string of the molecule is N#CC1(Cc2sccc2Br)CC2CCC1C2. The third-order valence-electron chi connectivity index (χ3n) is 4.37. The molecular formula is C13H14BrNS. The second kappa shape index (κ2) is 3.85. The van der Waals surface area contributed by atoms with E-state index in [1.165, 1.54) is 28.6 Å². The van der Waals surface area contributed by atoms with Gasteiger partial charge in [0.05, 0.1) is 11.5 Å². The number of rotatable bonds is 2.